The van der Waals surface area contributed by atoms with Crippen molar-refractivity contribution in [3.8, 4) is 0 Å². The Balaban J connectivity index is 1.46. The number of nitrogens with zero attached hydrogens (tertiary/aromatic N) is 3. The van der Waals surface area contributed by atoms with Crippen LogP contribution in [-0.2, 0) is 11.3 Å². The maximum Gasteiger partial charge on any atom is 0.137 e. The second-order valence-electron chi connectivity index (χ2n) is 7.28. The van der Waals surface area contributed by atoms with Crippen molar-refractivity contribution >= 4 is 5.65 Å². The summed E-state index contributed by atoms with van der Waals surface area (Å²) in [6, 6.07) is 6.14. The molecule has 1 saturated carbocycles. The number of aliphatic hydroxyl groups excluding tert-OH is 1. The highest BCUT2D eigenvalue weighted by atomic mass is 16.5. The average Bonchev–Trinajstić information content (AvgIpc) is 2.91. The van der Waals surface area contributed by atoms with Gasteiger partial charge in [-0.25, -0.2) is 4.98 Å². The molecule has 1 aliphatic carbocycles. The van der Waals surface area contributed by atoms with Crippen LogP contribution in [0.25, 0.3) is 5.65 Å². The average molecular weight is 329 g/mol. The van der Waals surface area contributed by atoms with Gasteiger partial charge >= 0.3 is 0 Å². The fourth-order valence-electron chi connectivity index (χ4n) is 4.51. The molecule has 0 radical (unpaired) electrons. The first-order valence-corrected chi connectivity index (χ1v) is 9.08. The van der Waals surface area contributed by atoms with Crippen LogP contribution in [0.5, 0.6) is 0 Å². The van der Waals surface area contributed by atoms with E-state index in [1.807, 2.05) is 13.0 Å². The summed E-state index contributed by atoms with van der Waals surface area (Å²) in [5.41, 5.74) is 3.40. The Morgan fingerprint density at radius 2 is 2.12 bits per heavy atom. The van der Waals surface area contributed by atoms with Crippen LogP contribution in [-0.4, -0.2) is 51.3 Å². The Kier molecular flexibility index (Phi) is 4.11. The molecule has 2 atom stereocenters. The summed E-state index contributed by atoms with van der Waals surface area (Å²) in [6.07, 6.45) is 5.01. The van der Waals surface area contributed by atoms with Gasteiger partial charge in [0.15, 0.2) is 0 Å². The number of hydrogen-bond acceptors (Lipinski definition) is 4. The number of rotatable bonds is 4. The van der Waals surface area contributed by atoms with Gasteiger partial charge in [0.05, 0.1) is 23.6 Å². The van der Waals surface area contributed by atoms with Gasteiger partial charge in [-0.05, 0) is 51.9 Å². The van der Waals surface area contributed by atoms with Crippen LogP contribution >= 0.6 is 0 Å². The Labute approximate surface area is 143 Å². The zero-order chi connectivity index (χ0) is 16.7. The summed E-state index contributed by atoms with van der Waals surface area (Å²) in [7, 11) is 0. The van der Waals surface area contributed by atoms with E-state index in [2.05, 4.69) is 39.5 Å². The quantitative estimate of drug-likeness (QED) is 0.936. The molecule has 0 bridgehead atoms. The van der Waals surface area contributed by atoms with Crippen LogP contribution in [0.1, 0.15) is 37.6 Å². The Hall–Kier alpha value is -1.43. The van der Waals surface area contributed by atoms with Gasteiger partial charge in [0.2, 0.25) is 0 Å². The lowest BCUT2D eigenvalue weighted by Gasteiger charge is -2.56. The Morgan fingerprint density at radius 3 is 2.83 bits per heavy atom. The van der Waals surface area contributed by atoms with E-state index in [9.17, 15) is 5.11 Å². The number of likely N-dealkylation sites (tertiary alicyclic amines) is 1. The van der Waals surface area contributed by atoms with Crippen molar-refractivity contribution in [3.63, 3.8) is 0 Å². The van der Waals surface area contributed by atoms with Gasteiger partial charge in [-0.15, -0.1) is 0 Å². The maximum absolute atomic E-state index is 10.3. The first kappa shape index (κ1) is 16.1. The van der Waals surface area contributed by atoms with Crippen molar-refractivity contribution in [1.29, 1.82) is 0 Å². The van der Waals surface area contributed by atoms with Crippen molar-refractivity contribution < 1.29 is 9.84 Å². The SMILES string of the molecule is CCOC1CC(O)C12CCN(Cc1c(C)nc3ccccn13)CC2. The van der Waals surface area contributed by atoms with Crippen LogP contribution in [0.15, 0.2) is 24.4 Å². The number of fused-ring (bicyclic) bond motifs is 1. The van der Waals surface area contributed by atoms with Crippen molar-refractivity contribution in [1.82, 2.24) is 14.3 Å². The molecule has 2 unspecified atom stereocenters. The summed E-state index contributed by atoms with van der Waals surface area (Å²) in [4.78, 5) is 7.15. The van der Waals surface area contributed by atoms with E-state index in [0.717, 1.165) is 56.8 Å². The number of piperidine rings is 1. The van der Waals surface area contributed by atoms with Crippen LogP contribution < -0.4 is 0 Å². The molecule has 0 aromatic carbocycles. The van der Waals surface area contributed by atoms with Crippen molar-refractivity contribution in [3.05, 3.63) is 35.8 Å². The van der Waals surface area contributed by atoms with E-state index in [1.165, 1.54) is 5.69 Å². The minimum atomic E-state index is -0.186. The fraction of sp³-hybridized carbons (Fsp3) is 0.632. The number of aliphatic hydroxyl groups is 1. The molecular weight excluding hydrogens is 302 g/mol. The predicted molar refractivity (Wildman–Crippen MR) is 92.9 cm³/mol. The van der Waals surface area contributed by atoms with Crippen molar-refractivity contribution in [2.24, 2.45) is 5.41 Å². The van der Waals surface area contributed by atoms with Gasteiger partial charge in [-0.1, -0.05) is 6.07 Å². The maximum atomic E-state index is 10.3. The number of imidazole rings is 1. The second kappa shape index (κ2) is 6.14. The van der Waals surface area contributed by atoms with E-state index >= 15 is 0 Å². The highest BCUT2D eigenvalue weighted by molar-refractivity contribution is 5.42. The molecule has 5 nitrogen and oxygen atoms in total. The number of aryl methyl sites for hydroxylation is 1. The smallest absolute Gasteiger partial charge is 0.137 e. The normalized spacial score (nSPS) is 26.8. The van der Waals surface area contributed by atoms with Crippen molar-refractivity contribution in [2.45, 2.75) is 51.9 Å². The van der Waals surface area contributed by atoms with Crippen LogP contribution in [0.4, 0.5) is 0 Å². The molecule has 1 saturated heterocycles. The van der Waals surface area contributed by atoms with E-state index in [4.69, 9.17) is 4.74 Å². The van der Waals surface area contributed by atoms with E-state index in [0.29, 0.717) is 0 Å². The van der Waals surface area contributed by atoms with Gasteiger partial charge in [0.1, 0.15) is 5.65 Å². The first-order valence-electron chi connectivity index (χ1n) is 9.08. The summed E-state index contributed by atoms with van der Waals surface area (Å²) in [5.74, 6) is 0. The first-order chi connectivity index (χ1) is 11.6. The van der Waals surface area contributed by atoms with Gasteiger partial charge in [0.25, 0.3) is 0 Å². The number of hydrogen-bond donors (Lipinski definition) is 1. The molecule has 0 amide bonds. The van der Waals surface area contributed by atoms with E-state index in [-0.39, 0.29) is 17.6 Å². The molecular formula is C19H27N3O2. The molecule has 2 aliphatic rings. The summed E-state index contributed by atoms with van der Waals surface area (Å²) < 4.78 is 8.06. The third kappa shape index (κ3) is 2.46. The monoisotopic (exact) mass is 329 g/mol. The molecule has 2 aromatic rings. The fourth-order valence-corrected chi connectivity index (χ4v) is 4.51. The van der Waals surface area contributed by atoms with E-state index < -0.39 is 0 Å². The Morgan fingerprint density at radius 1 is 1.33 bits per heavy atom. The van der Waals surface area contributed by atoms with Crippen LogP contribution in [0.3, 0.4) is 0 Å². The minimum absolute atomic E-state index is 0.00103. The predicted octanol–water partition coefficient (Wildman–Crippen LogP) is 2.39. The number of pyridine rings is 1. The van der Waals surface area contributed by atoms with Crippen LogP contribution in [0, 0.1) is 12.3 Å². The summed E-state index contributed by atoms with van der Waals surface area (Å²) in [5, 5.41) is 10.3. The third-order valence-corrected chi connectivity index (χ3v) is 6.10. The topological polar surface area (TPSA) is 50.0 Å². The molecule has 2 aromatic heterocycles. The molecule has 1 N–H and O–H groups in total. The van der Waals surface area contributed by atoms with Gasteiger partial charge in [-0.2, -0.15) is 0 Å². The standard InChI is InChI=1S/C19H27N3O2/c1-3-24-17-12-16(23)19(17)7-10-21(11-8-19)13-15-14(2)20-18-6-4-5-9-22(15)18/h4-6,9,16-17,23H,3,7-8,10-13H2,1-2H3. The van der Waals surface area contributed by atoms with Gasteiger partial charge in [-0.3, -0.25) is 4.90 Å². The zero-order valence-corrected chi connectivity index (χ0v) is 14.6. The molecule has 2 fully saturated rings. The molecule has 1 aliphatic heterocycles. The van der Waals surface area contributed by atoms with Gasteiger partial charge in [0, 0.05) is 31.2 Å². The molecule has 3 heterocycles. The van der Waals surface area contributed by atoms with Crippen molar-refractivity contribution in [2.75, 3.05) is 19.7 Å². The highest BCUT2D eigenvalue weighted by Crippen LogP contribution is 2.51. The number of aromatic nitrogens is 2. The molecule has 24 heavy (non-hydrogen) atoms. The summed E-state index contributed by atoms with van der Waals surface area (Å²) >= 11 is 0. The van der Waals surface area contributed by atoms with Gasteiger partial charge < -0.3 is 14.2 Å². The molecule has 1 spiro atoms. The largest absolute Gasteiger partial charge is 0.392 e. The van der Waals surface area contributed by atoms with Crippen LogP contribution in [0.2, 0.25) is 0 Å². The Bertz CT molecular complexity index is 716. The minimum Gasteiger partial charge on any atom is -0.392 e. The van der Waals surface area contributed by atoms with E-state index in [1.54, 1.807) is 0 Å². The summed E-state index contributed by atoms with van der Waals surface area (Å²) in [6.45, 7) is 7.82. The number of ether oxygens (including phenoxy) is 1. The molecule has 130 valence electrons. The zero-order valence-electron chi connectivity index (χ0n) is 14.6. The third-order valence-electron chi connectivity index (χ3n) is 6.10. The second-order valence-corrected chi connectivity index (χ2v) is 7.28. The lowest BCUT2D eigenvalue weighted by atomic mass is 9.58. The molecule has 5 heteroatoms. The molecule has 4 rings (SSSR count). The lowest BCUT2D eigenvalue weighted by Crippen LogP contribution is -2.62. The lowest BCUT2D eigenvalue weighted by molar-refractivity contribution is -0.210. The highest BCUT2D eigenvalue weighted by Gasteiger charge is 2.55.